The molecule has 0 saturated carbocycles. The molecule has 3 nitrogen and oxygen atoms in total. The fourth-order valence-electron chi connectivity index (χ4n) is 2.15. The lowest BCUT2D eigenvalue weighted by Crippen LogP contribution is -2.18. The molecule has 0 saturated heterocycles. The highest BCUT2D eigenvalue weighted by Crippen LogP contribution is 2.28. The number of carbonyl (C=O) groups excluding carboxylic acids is 1. The molecule has 0 heterocycles. The van der Waals surface area contributed by atoms with E-state index in [9.17, 15) is 18.7 Å². The smallest absolute Gasteiger partial charge is 0.163 e. The number of Topliss-reactive ketones (excluding diaryl/α,β-unsaturated/α-hetero) is 1. The van der Waals surface area contributed by atoms with Gasteiger partial charge in [-0.1, -0.05) is 12.1 Å². The van der Waals surface area contributed by atoms with Crippen molar-refractivity contribution in [3.05, 3.63) is 59.2 Å². The Morgan fingerprint density at radius 2 is 1.90 bits per heavy atom. The van der Waals surface area contributed by atoms with Crippen LogP contribution in [0.25, 0.3) is 0 Å². The third-order valence-electron chi connectivity index (χ3n) is 3.20. The number of hydrogen-bond donors (Lipinski definition) is 1. The van der Waals surface area contributed by atoms with Gasteiger partial charge in [0, 0.05) is 19.2 Å². The summed E-state index contributed by atoms with van der Waals surface area (Å²) in [5, 5.41) is 10.0. The molecule has 0 amide bonds. The number of carbonyl (C=O) groups is 1. The molecule has 0 radical (unpaired) electrons. The van der Waals surface area contributed by atoms with Crippen molar-refractivity contribution in [2.24, 2.45) is 0 Å². The molecule has 5 heteroatoms. The minimum absolute atomic E-state index is 0.0742. The Hall–Kier alpha value is -2.43. The molecule has 0 spiro atoms. The van der Waals surface area contributed by atoms with E-state index < -0.39 is 17.4 Å². The number of phenols is 1. The Labute approximate surface area is 121 Å². The highest BCUT2D eigenvalue weighted by atomic mass is 19.1. The van der Waals surface area contributed by atoms with Crippen LogP contribution in [0.1, 0.15) is 22.8 Å². The SMILES string of the molecule is CC(=O)c1cc(F)cc(CN(C)c2ccccc2F)c1O. The predicted molar refractivity (Wildman–Crippen MR) is 76.6 cm³/mol. The van der Waals surface area contributed by atoms with Crippen molar-refractivity contribution < 1.29 is 18.7 Å². The predicted octanol–water partition coefficient (Wildman–Crippen LogP) is 3.51. The lowest BCUT2D eigenvalue weighted by molar-refractivity contribution is 0.101. The molecule has 0 bridgehead atoms. The zero-order valence-corrected chi connectivity index (χ0v) is 11.7. The average Bonchev–Trinajstić information content (AvgIpc) is 2.42. The van der Waals surface area contributed by atoms with E-state index in [0.29, 0.717) is 5.69 Å². The molecule has 0 aliphatic carbocycles. The number of halogens is 2. The van der Waals surface area contributed by atoms with Gasteiger partial charge < -0.3 is 10.0 Å². The number of phenolic OH excluding ortho intramolecular Hbond substituents is 1. The van der Waals surface area contributed by atoms with E-state index in [2.05, 4.69) is 0 Å². The van der Waals surface area contributed by atoms with Crippen LogP contribution in [0.2, 0.25) is 0 Å². The van der Waals surface area contributed by atoms with Crippen molar-refractivity contribution in [1.29, 1.82) is 0 Å². The summed E-state index contributed by atoms with van der Waals surface area (Å²) in [6, 6.07) is 8.28. The van der Waals surface area contributed by atoms with Gasteiger partial charge in [-0.2, -0.15) is 0 Å². The molecule has 0 aliphatic rings. The van der Waals surface area contributed by atoms with Gasteiger partial charge in [0.15, 0.2) is 5.78 Å². The van der Waals surface area contributed by atoms with Crippen LogP contribution >= 0.6 is 0 Å². The number of aromatic hydroxyl groups is 1. The van der Waals surface area contributed by atoms with Gasteiger partial charge in [-0.15, -0.1) is 0 Å². The van der Waals surface area contributed by atoms with Crippen LogP contribution in [0.5, 0.6) is 5.75 Å². The van der Waals surface area contributed by atoms with Crippen molar-refractivity contribution in [2.45, 2.75) is 13.5 Å². The van der Waals surface area contributed by atoms with Gasteiger partial charge in [0.2, 0.25) is 0 Å². The number of rotatable bonds is 4. The Bertz CT molecular complexity index is 686. The summed E-state index contributed by atoms with van der Waals surface area (Å²) >= 11 is 0. The summed E-state index contributed by atoms with van der Waals surface area (Å²) in [5.41, 5.74) is 0.475. The molecule has 0 atom stereocenters. The number of ketones is 1. The Kier molecular flexibility index (Phi) is 4.21. The van der Waals surface area contributed by atoms with Crippen LogP contribution in [-0.2, 0) is 6.54 Å². The Morgan fingerprint density at radius 3 is 2.52 bits per heavy atom. The van der Waals surface area contributed by atoms with Crippen LogP contribution in [0.4, 0.5) is 14.5 Å². The number of nitrogens with zero attached hydrogens (tertiary/aromatic N) is 1. The quantitative estimate of drug-likeness (QED) is 0.876. The summed E-state index contributed by atoms with van der Waals surface area (Å²) in [7, 11) is 1.62. The van der Waals surface area contributed by atoms with Crippen molar-refractivity contribution in [1.82, 2.24) is 0 Å². The lowest BCUT2D eigenvalue weighted by Gasteiger charge is -2.21. The van der Waals surface area contributed by atoms with E-state index in [1.165, 1.54) is 17.9 Å². The fraction of sp³-hybridized carbons (Fsp3) is 0.188. The van der Waals surface area contributed by atoms with Crippen LogP contribution in [0.15, 0.2) is 36.4 Å². The Balaban J connectivity index is 2.36. The maximum atomic E-state index is 13.7. The second-order valence-electron chi connectivity index (χ2n) is 4.82. The van der Waals surface area contributed by atoms with Crippen LogP contribution < -0.4 is 4.90 Å². The van der Waals surface area contributed by atoms with Crippen molar-refractivity contribution in [3.8, 4) is 5.75 Å². The summed E-state index contributed by atoms with van der Waals surface area (Å²) in [6.45, 7) is 1.32. The fourth-order valence-corrected chi connectivity index (χ4v) is 2.15. The summed E-state index contributed by atoms with van der Waals surface area (Å²) in [5.74, 6) is -1.73. The van der Waals surface area contributed by atoms with E-state index in [1.807, 2.05) is 0 Å². The molecular weight excluding hydrogens is 276 g/mol. The van der Waals surface area contributed by atoms with E-state index in [0.717, 1.165) is 12.1 Å². The first-order valence-electron chi connectivity index (χ1n) is 6.38. The standard InChI is InChI=1S/C16H15F2NO2/c1-10(20)13-8-12(17)7-11(16(13)21)9-19(2)15-6-4-3-5-14(15)18/h3-8,21H,9H2,1-2H3. The third kappa shape index (κ3) is 3.18. The minimum Gasteiger partial charge on any atom is -0.507 e. The first-order chi connectivity index (χ1) is 9.90. The normalized spacial score (nSPS) is 10.5. The van der Waals surface area contributed by atoms with Gasteiger partial charge in [-0.25, -0.2) is 8.78 Å². The maximum absolute atomic E-state index is 13.7. The number of anilines is 1. The third-order valence-corrected chi connectivity index (χ3v) is 3.20. The lowest BCUT2D eigenvalue weighted by atomic mass is 10.0. The second-order valence-corrected chi connectivity index (χ2v) is 4.82. The molecule has 0 aromatic heterocycles. The van der Waals surface area contributed by atoms with Gasteiger partial charge >= 0.3 is 0 Å². The topological polar surface area (TPSA) is 40.5 Å². The van der Waals surface area contributed by atoms with E-state index >= 15 is 0 Å². The largest absolute Gasteiger partial charge is 0.507 e. The Morgan fingerprint density at radius 1 is 1.24 bits per heavy atom. The first kappa shape index (κ1) is 15.0. The number of para-hydroxylation sites is 1. The maximum Gasteiger partial charge on any atom is 0.163 e. The molecular formula is C16H15F2NO2. The number of benzene rings is 2. The van der Waals surface area contributed by atoms with Gasteiger partial charge in [-0.05, 0) is 31.2 Å². The van der Waals surface area contributed by atoms with Gasteiger partial charge in [0.25, 0.3) is 0 Å². The molecule has 21 heavy (non-hydrogen) atoms. The average molecular weight is 291 g/mol. The first-order valence-corrected chi connectivity index (χ1v) is 6.38. The van der Waals surface area contributed by atoms with E-state index in [-0.39, 0.29) is 23.4 Å². The van der Waals surface area contributed by atoms with Crippen molar-refractivity contribution in [3.63, 3.8) is 0 Å². The monoisotopic (exact) mass is 291 g/mol. The van der Waals surface area contributed by atoms with Gasteiger partial charge in [0.1, 0.15) is 17.4 Å². The highest BCUT2D eigenvalue weighted by molar-refractivity contribution is 5.97. The molecule has 2 rings (SSSR count). The van der Waals surface area contributed by atoms with E-state index in [1.54, 1.807) is 25.2 Å². The molecule has 2 aromatic carbocycles. The van der Waals surface area contributed by atoms with Gasteiger partial charge in [0.05, 0.1) is 11.3 Å². The molecule has 110 valence electrons. The van der Waals surface area contributed by atoms with Crippen LogP contribution in [0, 0.1) is 11.6 Å². The molecule has 0 fully saturated rings. The summed E-state index contributed by atoms with van der Waals surface area (Å²) in [4.78, 5) is 12.9. The molecule has 2 aromatic rings. The van der Waals surface area contributed by atoms with Crippen molar-refractivity contribution in [2.75, 3.05) is 11.9 Å². The molecule has 1 N–H and O–H groups in total. The highest BCUT2D eigenvalue weighted by Gasteiger charge is 2.16. The zero-order valence-electron chi connectivity index (χ0n) is 11.7. The van der Waals surface area contributed by atoms with Crippen LogP contribution in [0.3, 0.4) is 0 Å². The molecule has 0 aliphatic heterocycles. The zero-order chi connectivity index (χ0) is 15.6. The van der Waals surface area contributed by atoms with E-state index in [4.69, 9.17) is 0 Å². The van der Waals surface area contributed by atoms with Gasteiger partial charge in [-0.3, -0.25) is 4.79 Å². The second kappa shape index (κ2) is 5.91. The van der Waals surface area contributed by atoms with Crippen molar-refractivity contribution >= 4 is 11.5 Å². The summed E-state index contributed by atoms with van der Waals surface area (Å²) in [6.07, 6.45) is 0. The van der Waals surface area contributed by atoms with Crippen LogP contribution in [-0.4, -0.2) is 17.9 Å². The molecule has 0 unspecified atom stereocenters. The minimum atomic E-state index is -0.616. The number of hydrogen-bond acceptors (Lipinski definition) is 3. The summed E-state index contributed by atoms with van der Waals surface area (Å²) < 4.78 is 27.2.